The van der Waals surface area contributed by atoms with Gasteiger partial charge in [-0.1, -0.05) is 24.9 Å². The predicted molar refractivity (Wildman–Crippen MR) is 129 cm³/mol. The van der Waals surface area contributed by atoms with Gasteiger partial charge in [-0.15, -0.1) is 0 Å². The number of piperazine rings is 1. The van der Waals surface area contributed by atoms with Gasteiger partial charge >= 0.3 is 5.69 Å². The van der Waals surface area contributed by atoms with Gasteiger partial charge in [0.2, 0.25) is 5.91 Å². The van der Waals surface area contributed by atoms with Crippen molar-refractivity contribution in [3.63, 3.8) is 0 Å². The van der Waals surface area contributed by atoms with Crippen molar-refractivity contribution in [1.29, 1.82) is 0 Å². The van der Waals surface area contributed by atoms with E-state index in [9.17, 15) is 14.4 Å². The number of carbonyl (C=O) groups is 1. The molecular weight excluding hydrogens is 432 g/mol. The minimum Gasteiger partial charge on any atom is -0.383 e. The summed E-state index contributed by atoms with van der Waals surface area (Å²) in [5, 5.41) is 0.702. The van der Waals surface area contributed by atoms with E-state index in [1.165, 1.54) is 9.47 Å². The molecule has 2 aromatic rings. The summed E-state index contributed by atoms with van der Waals surface area (Å²) in [5.74, 6) is -0.180. The molecule has 2 heterocycles. The molecule has 0 saturated carbocycles. The monoisotopic (exact) mass is 462 g/mol. The van der Waals surface area contributed by atoms with Crippen LogP contribution >= 0.6 is 11.6 Å². The highest BCUT2D eigenvalue weighted by atomic mass is 35.5. The Morgan fingerprint density at radius 1 is 1.12 bits per heavy atom. The van der Waals surface area contributed by atoms with Crippen molar-refractivity contribution in [3.8, 4) is 0 Å². The molecule has 1 aromatic carbocycles. The third-order valence-electron chi connectivity index (χ3n) is 5.76. The molecule has 0 atom stereocenters. The largest absolute Gasteiger partial charge is 0.383 e. The van der Waals surface area contributed by atoms with Gasteiger partial charge in [0.25, 0.3) is 5.56 Å². The Labute approximate surface area is 192 Å². The number of hydrogen-bond donors (Lipinski definition) is 2. The van der Waals surface area contributed by atoms with Crippen LogP contribution in [0.4, 0.5) is 17.2 Å². The minimum atomic E-state index is -0.636. The van der Waals surface area contributed by atoms with Crippen LogP contribution in [0.15, 0.2) is 33.9 Å². The molecule has 1 amide bonds. The van der Waals surface area contributed by atoms with Gasteiger partial charge in [-0.3, -0.25) is 24.0 Å². The van der Waals surface area contributed by atoms with E-state index < -0.39 is 11.2 Å². The molecule has 1 aliphatic heterocycles. The number of nitrogen functional groups attached to an aromatic ring is 1. The molecule has 0 unspecified atom stereocenters. The number of unbranched alkanes of at least 4 members (excludes halogenated alkanes) is 1. The third-order valence-corrected chi connectivity index (χ3v) is 6.01. The highest BCUT2D eigenvalue weighted by Crippen LogP contribution is 2.20. The van der Waals surface area contributed by atoms with Gasteiger partial charge < -0.3 is 15.5 Å². The number of halogens is 1. The highest BCUT2D eigenvalue weighted by molar-refractivity contribution is 6.30. The molecule has 0 bridgehead atoms. The van der Waals surface area contributed by atoms with E-state index in [4.69, 9.17) is 17.3 Å². The molecule has 32 heavy (non-hydrogen) atoms. The first-order valence-electron chi connectivity index (χ1n) is 11.0. The predicted octanol–water partition coefficient (Wildman–Crippen LogP) is 1.75. The fourth-order valence-corrected chi connectivity index (χ4v) is 4.05. The van der Waals surface area contributed by atoms with Crippen molar-refractivity contribution in [3.05, 3.63) is 50.1 Å². The third kappa shape index (κ3) is 5.34. The Bertz CT molecular complexity index is 1040. The van der Waals surface area contributed by atoms with E-state index in [0.717, 1.165) is 31.6 Å². The quantitative estimate of drug-likeness (QED) is 0.618. The summed E-state index contributed by atoms with van der Waals surface area (Å²) in [7, 11) is 0. The number of rotatable bonds is 8. The average molecular weight is 463 g/mol. The number of amides is 1. The van der Waals surface area contributed by atoms with Crippen molar-refractivity contribution in [2.45, 2.75) is 33.2 Å². The van der Waals surface area contributed by atoms with E-state index in [1.807, 2.05) is 31.2 Å². The summed E-state index contributed by atoms with van der Waals surface area (Å²) in [6.45, 7) is 7.64. The van der Waals surface area contributed by atoms with Crippen LogP contribution in [0.25, 0.3) is 0 Å². The van der Waals surface area contributed by atoms with Gasteiger partial charge in [0, 0.05) is 50.0 Å². The Morgan fingerprint density at radius 2 is 1.78 bits per heavy atom. The van der Waals surface area contributed by atoms with Crippen LogP contribution in [0.2, 0.25) is 5.02 Å². The fraction of sp³-hybridized carbons (Fsp3) is 0.500. The maximum Gasteiger partial charge on any atom is 0.330 e. The number of aromatic amines is 1. The zero-order valence-electron chi connectivity index (χ0n) is 18.6. The number of nitrogens with one attached hydrogen (secondary N) is 1. The van der Waals surface area contributed by atoms with Gasteiger partial charge in [0.05, 0.1) is 6.54 Å². The standard InChI is InChI=1S/C22H31ClN6O3/c1-3-5-10-29-20(24)19(21(31)25-22(29)32)28(4-2)18(30)15-26-11-13-27(14-12-26)17-8-6-16(23)7-9-17/h6-9H,3-5,10-15,24H2,1-2H3,(H,25,31,32). The first kappa shape index (κ1) is 23.9. The summed E-state index contributed by atoms with van der Waals surface area (Å²) >= 11 is 5.97. The van der Waals surface area contributed by atoms with Crippen molar-refractivity contribution < 1.29 is 4.79 Å². The molecule has 9 nitrogen and oxygen atoms in total. The van der Waals surface area contributed by atoms with E-state index >= 15 is 0 Å². The molecule has 3 N–H and O–H groups in total. The zero-order valence-corrected chi connectivity index (χ0v) is 19.4. The molecule has 1 saturated heterocycles. The number of aromatic nitrogens is 2. The summed E-state index contributed by atoms with van der Waals surface area (Å²) in [6, 6.07) is 7.72. The molecular formula is C22H31ClN6O3. The number of anilines is 3. The molecule has 174 valence electrons. The van der Waals surface area contributed by atoms with Crippen LogP contribution in [-0.4, -0.2) is 59.6 Å². The second-order valence-electron chi connectivity index (χ2n) is 7.88. The second kappa shape index (κ2) is 10.7. The highest BCUT2D eigenvalue weighted by Gasteiger charge is 2.26. The van der Waals surface area contributed by atoms with Crippen molar-refractivity contribution >= 4 is 34.7 Å². The fourth-order valence-electron chi connectivity index (χ4n) is 3.93. The SMILES string of the molecule is CCCCn1c(N)c(N(CC)C(=O)CN2CCN(c3ccc(Cl)cc3)CC2)c(=O)[nH]c1=O. The van der Waals surface area contributed by atoms with Crippen LogP contribution in [-0.2, 0) is 11.3 Å². The smallest absolute Gasteiger partial charge is 0.330 e. The van der Waals surface area contributed by atoms with Gasteiger partial charge in [-0.2, -0.15) is 0 Å². The molecule has 0 spiro atoms. The van der Waals surface area contributed by atoms with E-state index in [2.05, 4.69) is 14.8 Å². The lowest BCUT2D eigenvalue weighted by Gasteiger charge is -2.36. The number of H-pyrrole nitrogens is 1. The minimum absolute atomic E-state index is 0.0370. The number of benzene rings is 1. The van der Waals surface area contributed by atoms with Crippen LogP contribution in [0, 0.1) is 0 Å². The lowest BCUT2D eigenvalue weighted by Crippen LogP contribution is -2.51. The van der Waals surface area contributed by atoms with Crippen molar-refractivity contribution in [2.75, 3.05) is 54.8 Å². The van der Waals surface area contributed by atoms with E-state index in [0.29, 0.717) is 24.7 Å². The summed E-state index contributed by atoms with van der Waals surface area (Å²) < 4.78 is 1.33. The topological polar surface area (TPSA) is 108 Å². The first-order valence-corrected chi connectivity index (χ1v) is 11.4. The Morgan fingerprint density at radius 3 is 2.38 bits per heavy atom. The second-order valence-corrected chi connectivity index (χ2v) is 8.31. The van der Waals surface area contributed by atoms with Crippen molar-refractivity contribution in [2.24, 2.45) is 0 Å². The van der Waals surface area contributed by atoms with Crippen LogP contribution in [0.1, 0.15) is 26.7 Å². The van der Waals surface area contributed by atoms with Crippen LogP contribution in [0.3, 0.4) is 0 Å². The molecule has 10 heteroatoms. The lowest BCUT2D eigenvalue weighted by atomic mass is 10.2. The number of nitrogens with zero attached hydrogens (tertiary/aromatic N) is 4. The first-order chi connectivity index (χ1) is 15.3. The molecule has 0 aliphatic carbocycles. The number of nitrogens with two attached hydrogens (primary N) is 1. The van der Waals surface area contributed by atoms with Crippen LogP contribution < -0.4 is 26.8 Å². The van der Waals surface area contributed by atoms with Crippen LogP contribution in [0.5, 0.6) is 0 Å². The maximum atomic E-state index is 13.1. The summed E-state index contributed by atoms with van der Waals surface area (Å²) in [4.78, 5) is 45.8. The van der Waals surface area contributed by atoms with Crippen molar-refractivity contribution in [1.82, 2.24) is 14.5 Å². The van der Waals surface area contributed by atoms with Gasteiger partial charge in [-0.05, 0) is 37.6 Å². The molecule has 1 aliphatic rings. The number of carbonyl (C=O) groups excluding carboxylic acids is 1. The van der Waals surface area contributed by atoms with E-state index in [1.54, 1.807) is 6.92 Å². The molecule has 1 fully saturated rings. The Balaban J connectivity index is 1.70. The van der Waals surface area contributed by atoms with Gasteiger partial charge in [0.15, 0.2) is 5.69 Å². The maximum absolute atomic E-state index is 13.1. The summed E-state index contributed by atoms with van der Waals surface area (Å²) in [6.07, 6.45) is 1.62. The normalized spacial score (nSPS) is 14.5. The number of hydrogen-bond acceptors (Lipinski definition) is 6. The number of likely N-dealkylation sites (N-methyl/N-ethyl adjacent to an activating group) is 1. The zero-order chi connectivity index (χ0) is 23.3. The van der Waals surface area contributed by atoms with Gasteiger partial charge in [-0.25, -0.2) is 4.79 Å². The van der Waals surface area contributed by atoms with E-state index in [-0.39, 0.29) is 30.5 Å². The molecule has 0 radical (unpaired) electrons. The molecule has 1 aromatic heterocycles. The molecule has 3 rings (SSSR count). The summed E-state index contributed by atoms with van der Waals surface area (Å²) in [5.41, 5.74) is 6.15. The lowest BCUT2D eigenvalue weighted by molar-refractivity contribution is -0.119. The Hall–Kier alpha value is -2.78. The average Bonchev–Trinajstić information content (AvgIpc) is 2.77. The Kier molecular flexibility index (Phi) is 7.98. The van der Waals surface area contributed by atoms with Gasteiger partial charge in [0.1, 0.15) is 5.82 Å².